The van der Waals surface area contributed by atoms with E-state index in [-0.39, 0.29) is 10.9 Å². The van der Waals surface area contributed by atoms with E-state index in [1.807, 2.05) is 0 Å². The van der Waals surface area contributed by atoms with Gasteiger partial charge in [-0.15, -0.1) is 0 Å². The van der Waals surface area contributed by atoms with Gasteiger partial charge in [-0.05, 0) is 49.8 Å². The molecule has 206 valence electrons. The van der Waals surface area contributed by atoms with Crippen LogP contribution in [0.1, 0.15) is 44.0 Å². The van der Waals surface area contributed by atoms with Crippen molar-refractivity contribution in [3.63, 3.8) is 0 Å². The van der Waals surface area contributed by atoms with Crippen LogP contribution in [0.3, 0.4) is 0 Å². The van der Waals surface area contributed by atoms with Crippen molar-refractivity contribution < 1.29 is 22.6 Å². The van der Waals surface area contributed by atoms with Crippen LogP contribution in [0.5, 0.6) is 0 Å². The maximum absolute atomic E-state index is 13.4. The zero-order valence-electron chi connectivity index (χ0n) is 22.0. The Hall–Kier alpha value is -3.30. The van der Waals surface area contributed by atoms with Crippen LogP contribution < -0.4 is 0 Å². The molecule has 10 nitrogen and oxygen atoms in total. The van der Waals surface area contributed by atoms with Gasteiger partial charge in [0.05, 0.1) is 49.1 Å². The largest absolute Gasteiger partial charge is 0.382 e. The lowest BCUT2D eigenvalue weighted by Crippen LogP contribution is -2.20. The highest BCUT2D eigenvalue weighted by atomic mass is 32.2. The molecule has 0 atom stereocenters. The number of fused-ring (bicyclic) bond motifs is 3. The van der Waals surface area contributed by atoms with Crippen LogP contribution in [0.2, 0.25) is 0 Å². The van der Waals surface area contributed by atoms with Crippen LogP contribution in [0.4, 0.5) is 0 Å². The fourth-order valence-electron chi connectivity index (χ4n) is 5.35. The van der Waals surface area contributed by atoms with E-state index in [0.29, 0.717) is 56.5 Å². The third kappa shape index (κ3) is 5.70. The van der Waals surface area contributed by atoms with Gasteiger partial charge in [0, 0.05) is 31.2 Å². The molecule has 1 saturated carbocycles. The lowest BCUT2D eigenvalue weighted by atomic mass is 9.84. The molecule has 0 amide bonds. The molecule has 0 spiro atoms. The van der Waals surface area contributed by atoms with Gasteiger partial charge in [0.2, 0.25) is 0 Å². The van der Waals surface area contributed by atoms with Crippen LogP contribution in [0.15, 0.2) is 53.7 Å². The number of nitriles is 1. The van der Waals surface area contributed by atoms with Gasteiger partial charge in [-0.2, -0.15) is 5.26 Å². The summed E-state index contributed by atoms with van der Waals surface area (Å²) in [6.45, 7) is 2.21. The highest BCUT2D eigenvalue weighted by molar-refractivity contribution is 7.90. The Morgan fingerprint density at radius 3 is 2.51 bits per heavy atom. The number of nitrogens with zero attached hydrogens (tertiary/aromatic N) is 5. The first-order valence-electron chi connectivity index (χ1n) is 13.2. The van der Waals surface area contributed by atoms with Gasteiger partial charge >= 0.3 is 0 Å². The third-order valence-electron chi connectivity index (χ3n) is 7.30. The van der Waals surface area contributed by atoms with Gasteiger partial charge in [0.25, 0.3) is 10.0 Å². The Morgan fingerprint density at radius 2 is 1.77 bits per heavy atom. The second kappa shape index (κ2) is 12.3. The summed E-state index contributed by atoms with van der Waals surface area (Å²) in [5.74, 6) is 1.18. The van der Waals surface area contributed by atoms with Crippen LogP contribution in [-0.2, 0) is 30.8 Å². The summed E-state index contributed by atoms with van der Waals surface area (Å²) in [6, 6.07) is 12.6. The van der Waals surface area contributed by atoms with E-state index < -0.39 is 10.0 Å². The van der Waals surface area contributed by atoms with Crippen molar-refractivity contribution >= 4 is 32.1 Å². The minimum atomic E-state index is -3.82. The van der Waals surface area contributed by atoms with Crippen LogP contribution >= 0.6 is 0 Å². The average molecular weight is 552 g/mol. The Morgan fingerprint density at radius 1 is 1.03 bits per heavy atom. The summed E-state index contributed by atoms with van der Waals surface area (Å²) >= 11 is 0. The molecular formula is C28H33N5O5S. The Labute approximate surface area is 228 Å². The fraction of sp³-hybridized carbons (Fsp3) is 0.464. The van der Waals surface area contributed by atoms with Crippen molar-refractivity contribution in [1.82, 2.24) is 18.5 Å². The molecular weight excluding hydrogens is 518 g/mol. The van der Waals surface area contributed by atoms with Crippen LogP contribution in [0.25, 0.3) is 22.1 Å². The quantitative estimate of drug-likeness (QED) is 0.237. The van der Waals surface area contributed by atoms with Crippen LogP contribution in [-0.4, -0.2) is 60.5 Å². The predicted molar refractivity (Wildman–Crippen MR) is 146 cm³/mol. The zero-order valence-corrected chi connectivity index (χ0v) is 22.8. The SMILES string of the molecule is COCCOCCOCc1nc2cnc3c(ccn3S(=O)(=O)c3ccccc3)c2n1C1CCC(CC#N)CC1. The van der Waals surface area contributed by atoms with Gasteiger partial charge in [-0.3, -0.25) is 0 Å². The van der Waals surface area contributed by atoms with Crippen molar-refractivity contribution in [2.45, 2.75) is 49.6 Å². The van der Waals surface area contributed by atoms with Crippen LogP contribution in [0, 0.1) is 17.2 Å². The van der Waals surface area contributed by atoms with Crippen molar-refractivity contribution in [2.24, 2.45) is 5.92 Å². The third-order valence-corrected chi connectivity index (χ3v) is 8.98. The van der Waals surface area contributed by atoms with E-state index in [1.165, 1.54) is 3.97 Å². The van der Waals surface area contributed by atoms with E-state index >= 15 is 0 Å². The molecule has 3 heterocycles. The molecule has 0 N–H and O–H groups in total. The topological polar surface area (TPSA) is 121 Å². The van der Waals surface area contributed by atoms with Gasteiger partial charge < -0.3 is 18.8 Å². The summed E-state index contributed by atoms with van der Waals surface area (Å²) in [5.41, 5.74) is 1.93. The molecule has 1 aliphatic carbocycles. The van der Waals surface area contributed by atoms with E-state index in [0.717, 1.165) is 42.4 Å². The predicted octanol–water partition coefficient (Wildman–Crippen LogP) is 4.45. The lowest BCUT2D eigenvalue weighted by Gasteiger charge is -2.30. The second-order valence-electron chi connectivity index (χ2n) is 9.75. The number of aromatic nitrogens is 4. The number of imidazole rings is 1. The molecule has 0 bridgehead atoms. The maximum atomic E-state index is 13.4. The van der Waals surface area contributed by atoms with Gasteiger partial charge in [0.15, 0.2) is 5.65 Å². The van der Waals surface area contributed by atoms with Gasteiger partial charge in [-0.25, -0.2) is 22.4 Å². The molecule has 0 saturated heterocycles. The number of hydrogen-bond acceptors (Lipinski definition) is 8. The molecule has 0 aliphatic heterocycles. The Kier molecular flexibility index (Phi) is 8.57. The fourth-order valence-corrected chi connectivity index (χ4v) is 6.68. The molecule has 0 radical (unpaired) electrons. The molecule has 1 fully saturated rings. The number of rotatable bonds is 12. The zero-order chi connectivity index (χ0) is 27.2. The summed E-state index contributed by atoms with van der Waals surface area (Å²) in [4.78, 5) is 9.61. The number of methoxy groups -OCH3 is 1. The van der Waals surface area contributed by atoms with E-state index in [4.69, 9.17) is 24.5 Å². The first-order valence-corrected chi connectivity index (χ1v) is 14.7. The standard InChI is InChI=1S/C28H33N5O5S/c1-36-15-16-37-17-18-38-20-26-31-25-19-30-28-24(12-14-32(28)39(34,35)23-5-3-2-4-6-23)27(25)33(26)22-9-7-21(8-10-22)11-13-29/h2-6,12,14,19,21-22H,7-11,15-18,20H2,1H3. The second-order valence-corrected chi connectivity index (χ2v) is 11.6. The molecule has 4 aromatic rings. The summed E-state index contributed by atoms with van der Waals surface area (Å²) < 4.78 is 46.8. The molecule has 39 heavy (non-hydrogen) atoms. The molecule has 11 heteroatoms. The smallest absolute Gasteiger partial charge is 0.269 e. The highest BCUT2D eigenvalue weighted by Crippen LogP contribution is 2.38. The van der Waals surface area contributed by atoms with E-state index in [9.17, 15) is 8.42 Å². The number of hydrogen-bond donors (Lipinski definition) is 0. The first kappa shape index (κ1) is 27.3. The Balaban J connectivity index is 1.50. The normalized spacial score (nSPS) is 18.1. The van der Waals surface area contributed by atoms with Gasteiger partial charge in [0.1, 0.15) is 17.9 Å². The van der Waals surface area contributed by atoms with Crippen molar-refractivity contribution in [1.29, 1.82) is 5.26 Å². The van der Waals surface area contributed by atoms with Crippen molar-refractivity contribution in [2.75, 3.05) is 33.5 Å². The number of ether oxygens (including phenoxy) is 3. The monoisotopic (exact) mass is 551 g/mol. The molecule has 5 rings (SSSR count). The molecule has 0 unspecified atom stereocenters. The minimum absolute atomic E-state index is 0.168. The first-order chi connectivity index (χ1) is 19.0. The molecule has 3 aromatic heterocycles. The summed E-state index contributed by atoms with van der Waals surface area (Å²) in [5, 5.41) is 9.88. The van der Waals surface area contributed by atoms with E-state index in [2.05, 4.69) is 15.6 Å². The van der Waals surface area contributed by atoms with Crippen molar-refractivity contribution in [3.05, 3.63) is 54.6 Å². The number of benzene rings is 1. The number of pyridine rings is 1. The summed E-state index contributed by atoms with van der Waals surface area (Å²) in [6.07, 6.45) is 7.53. The van der Waals surface area contributed by atoms with E-state index in [1.54, 1.807) is 55.9 Å². The Bertz CT molecular complexity index is 1550. The molecule has 1 aromatic carbocycles. The van der Waals surface area contributed by atoms with Gasteiger partial charge in [-0.1, -0.05) is 18.2 Å². The highest BCUT2D eigenvalue weighted by Gasteiger charge is 2.28. The van der Waals surface area contributed by atoms with Crippen molar-refractivity contribution in [3.8, 4) is 6.07 Å². The summed E-state index contributed by atoms with van der Waals surface area (Å²) in [7, 11) is -2.18. The maximum Gasteiger partial charge on any atom is 0.269 e. The minimum Gasteiger partial charge on any atom is -0.382 e. The molecule has 1 aliphatic rings. The lowest BCUT2D eigenvalue weighted by molar-refractivity contribution is 0.0175. The average Bonchev–Trinajstić information content (AvgIpc) is 3.55.